The van der Waals surface area contributed by atoms with E-state index < -0.39 is 17.7 Å². The maximum absolute atomic E-state index is 13.8. The minimum atomic E-state index is -0.770. The van der Waals surface area contributed by atoms with Gasteiger partial charge in [0.05, 0.1) is 17.4 Å². The van der Waals surface area contributed by atoms with E-state index in [2.05, 4.69) is 22.9 Å². The number of hydrogen-bond donors (Lipinski definition) is 3. The van der Waals surface area contributed by atoms with Crippen molar-refractivity contribution in [3.8, 4) is 5.75 Å². The first-order valence-corrected chi connectivity index (χ1v) is 11.0. The van der Waals surface area contributed by atoms with Crippen molar-refractivity contribution < 1.29 is 27.8 Å². The lowest BCUT2D eigenvalue weighted by Gasteiger charge is -2.30. The molecule has 0 bridgehead atoms. The third kappa shape index (κ3) is 6.42. The Hall–Kier alpha value is -3.24. The highest BCUT2D eigenvalue weighted by atomic mass is 19.1. The summed E-state index contributed by atoms with van der Waals surface area (Å²) in [6.45, 7) is 5.41. The van der Waals surface area contributed by atoms with E-state index in [1.165, 1.54) is 6.07 Å². The summed E-state index contributed by atoms with van der Waals surface area (Å²) in [4.78, 5) is 27.1. The zero-order valence-electron chi connectivity index (χ0n) is 19.7. The predicted octanol–water partition coefficient (Wildman–Crippen LogP) is 3.70. The number of hydrogen-bond acceptors (Lipinski definition) is 5. The van der Waals surface area contributed by atoms with Crippen molar-refractivity contribution in [1.29, 1.82) is 0 Å². The molecule has 0 spiro atoms. The number of rotatable bonds is 3. The molecule has 0 aliphatic carbocycles. The molecule has 0 saturated carbocycles. The Morgan fingerprint density at radius 2 is 1.94 bits per heavy atom. The van der Waals surface area contributed by atoms with Crippen LogP contribution in [0.15, 0.2) is 36.4 Å². The van der Waals surface area contributed by atoms with Crippen LogP contribution in [0.2, 0.25) is 0 Å². The molecule has 1 heterocycles. The fourth-order valence-electron chi connectivity index (χ4n) is 3.61. The number of anilines is 2. The summed E-state index contributed by atoms with van der Waals surface area (Å²) in [5.74, 6) is -1.22. The molecule has 184 valence electrons. The van der Waals surface area contributed by atoms with Crippen molar-refractivity contribution in [3.63, 3.8) is 0 Å². The van der Waals surface area contributed by atoms with Gasteiger partial charge in [-0.15, -0.1) is 0 Å². The third-order valence-corrected chi connectivity index (χ3v) is 5.66. The first-order chi connectivity index (χ1) is 16.2. The molecule has 3 N–H and O–H groups in total. The number of halogens is 2. The van der Waals surface area contributed by atoms with E-state index in [-0.39, 0.29) is 29.7 Å². The number of methoxy groups -OCH3 is 1. The van der Waals surface area contributed by atoms with Crippen LogP contribution in [0.25, 0.3) is 0 Å². The van der Waals surface area contributed by atoms with Crippen LogP contribution >= 0.6 is 0 Å². The molecule has 0 radical (unpaired) electrons. The topological polar surface area (TPSA) is 91.9 Å². The summed E-state index contributed by atoms with van der Waals surface area (Å²) in [6.07, 6.45) is -0.148. The van der Waals surface area contributed by atoms with Gasteiger partial charge in [0.2, 0.25) is 0 Å². The Balaban J connectivity index is 1.82. The fourth-order valence-corrected chi connectivity index (χ4v) is 3.61. The van der Waals surface area contributed by atoms with E-state index >= 15 is 0 Å². The number of likely N-dealkylation sites (N-methyl/N-ethyl adjacent to an activating group) is 1. The van der Waals surface area contributed by atoms with Crippen LogP contribution in [0.5, 0.6) is 5.75 Å². The van der Waals surface area contributed by atoms with Crippen LogP contribution in [0.1, 0.15) is 24.2 Å². The first kappa shape index (κ1) is 25.4. The number of nitrogens with one attached hydrogen (secondary N) is 3. The number of ether oxygens (including phenoxy) is 2. The molecule has 2 aromatic carbocycles. The molecule has 8 nitrogen and oxygen atoms in total. The zero-order chi connectivity index (χ0) is 24.8. The Morgan fingerprint density at radius 1 is 1.18 bits per heavy atom. The highest BCUT2D eigenvalue weighted by Gasteiger charge is 2.25. The van der Waals surface area contributed by atoms with E-state index in [9.17, 15) is 18.4 Å². The molecule has 34 heavy (non-hydrogen) atoms. The lowest BCUT2D eigenvalue weighted by Crippen LogP contribution is -2.44. The van der Waals surface area contributed by atoms with E-state index in [0.29, 0.717) is 36.7 Å². The van der Waals surface area contributed by atoms with Crippen molar-refractivity contribution in [2.24, 2.45) is 5.92 Å². The van der Waals surface area contributed by atoms with Crippen LogP contribution in [0.4, 0.5) is 25.0 Å². The average Bonchev–Trinajstić information content (AvgIpc) is 2.80. The van der Waals surface area contributed by atoms with Gasteiger partial charge in [0.1, 0.15) is 24.0 Å². The van der Waals surface area contributed by atoms with Gasteiger partial charge in [-0.05, 0) is 37.1 Å². The standard InChI is InChI=1S/C24H30F2N4O4/c1-14-11-27-15(2)13-34-21-10-17(6-7-18(21)23(31)30(3)12-22(14)33-4)28-24(32)29-20-9-16(25)5-8-19(20)26/h5-10,14-15,22,27H,11-13H2,1-4H3,(H2,28,29,32)/t14-,15+,22+/m0/s1. The predicted molar refractivity (Wildman–Crippen MR) is 125 cm³/mol. The zero-order valence-corrected chi connectivity index (χ0v) is 19.7. The van der Waals surface area contributed by atoms with E-state index in [1.807, 2.05) is 6.92 Å². The SMILES string of the molecule is CO[C@@H]1CN(C)C(=O)c2ccc(NC(=O)Nc3cc(F)ccc3F)cc2OC[C@@H](C)NC[C@@H]1C. The van der Waals surface area contributed by atoms with Crippen LogP contribution in [-0.2, 0) is 4.74 Å². The maximum atomic E-state index is 13.8. The largest absolute Gasteiger partial charge is 0.491 e. The van der Waals surface area contributed by atoms with Crippen LogP contribution in [0, 0.1) is 17.6 Å². The van der Waals surface area contributed by atoms with Gasteiger partial charge in [-0.2, -0.15) is 0 Å². The summed E-state index contributed by atoms with van der Waals surface area (Å²) < 4.78 is 38.7. The van der Waals surface area contributed by atoms with Gasteiger partial charge in [0.15, 0.2) is 0 Å². The van der Waals surface area contributed by atoms with E-state index in [0.717, 1.165) is 18.2 Å². The maximum Gasteiger partial charge on any atom is 0.323 e. The smallest absolute Gasteiger partial charge is 0.323 e. The molecule has 1 aliphatic rings. The van der Waals surface area contributed by atoms with Gasteiger partial charge >= 0.3 is 6.03 Å². The molecule has 0 saturated heterocycles. The molecule has 3 amide bonds. The van der Waals surface area contributed by atoms with Crippen molar-refractivity contribution in [2.75, 3.05) is 44.5 Å². The fraction of sp³-hybridized carbons (Fsp3) is 0.417. The minimum Gasteiger partial charge on any atom is -0.491 e. The monoisotopic (exact) mass is 476 g/mol. The molecular weight excluding hydrogens is 446 g/mol. The molecule has 3 rings (SSSR count). The lowest BCUT2D eigenvalue weighted by molar-refractivity contribution is 0.0281. The molecule has 0 fully saturated rings. The van der Waals surface area contributed by atoms with Crippen molar-refractivity contribution in [3.05, 3.63) is 53.6 Å². The second-order valence-corrected chi connectivity index (χ2v) is 8.47. The second-order valence-electron chi connectivity index (χ2n) is 8.47. The van der Waals surface area contributed by atoms with Gasteiger partial charge in [-0.25, -0.2) is 13.6 Å². The van der Waals surface area contributed by atoms with Crippen molar-refractivity contribution >= 4 is 23.3 Å². The average molecular weight is 477 g/mol. The Labute approximate surface area is 197 Å². The molecule has 0 aromatic heterocycles. The van der Waals surface area contributed by atoms with Gasteiger partial charge in [-0.1, -0.05) is 6.92 Å². The molecule has 1 aliphatic heterocycles. The van der Waals surface area contributed by atoms with Gasteiger partial charge in [0.25, 0.3) is 5.91 Å². The van der Waals surface area contributed by atoms with E-state index in [1.54, 1.807) is 31.2 Å². The normalized spacial score (nSPS) is 21.5. The number of nitrogens with zero attached hydrogens (tertiary/aromatic N) is 1. The summed E-state index contributed by atoms with van der Waals surface area (Å²) in [5, 5.41) is 8.22. The van der Waals surface area contributed by atoms with Crippen LogP contribution in [0.3, 0.4) is 0 Å². The number of carbonyl (C=O) groups excluding carboxylic acids is 2. The summed E-state index contributed by atoms with van der Waals surface area (Å²) >= 11 is 0. The van der Waals surface area contributed by atoms with Crippen LogP contribution in [-0.4, -0.2) is 62.8 Å². The number of fused-ring (bicyclic) bond motifs is 1. The molecular formula is C24H30F2N4O4. The summed E-state index contributed by atoms with van der Waals surface area (Å²) in [5.41, 5.74) is 0.359. The van der Waals surface area contributed by atoms with Gasteiger partial charge in [0, 0.05) is 51.1 Å². The molecule has 2 aromatic rings. The highest BCUT2D eigenvalue weighted by molar-refractivity contribution is 6.01. The quantitative estimate of drug-likeness (QED) is 0.628. The molecule has 3 atom stereocenters. The van der Waals surface area contributed by atoms with Crippen molar-refractivity contribution in [2.45, 2.75) is 26.0 Å². The van der Waals surface area contributed by atoms with Gasteiger partial charge in [-0.3, -0.25) is 4.79 Å². The number of urea groups is 1. The Kier molecular flexibility index (Phi) is 8.41. The first-order valence-electron chi connectivity index (χ1n) is 11.0. The number of benzene rings is 2. The molecule has 0 unspecified atom stereocenters. The summed E-state index contributed by atoms with van der Waals surface area (Å²) in [7, 11) is 3.32. The minimum absolute atomic E-state index is 0.00377. The van der Waals surface area contributed by atoms with Gasteiger partial charge < -0.3 is 30.3 Å². The number of amides is 3. The third-order valence-electron chi connectivity index (χ3n) is 5.66. The number of carbonyl (C=O) groups is 2. The van der Waals surface area contributed by atoms with Crippen LogP contribution < -0.4 is 20.7 Å². The van der Waals surface area contributed by atoms with E-state index in [4.69, 9.17) is 9.47 Å². The lowest BCUT2D eigenvalue weighted by atomic mass is 10.0. The highest BCUT2D eigenvalue weighted by Crippen LogP contribution is 2.26. The van der Waals surface area contributed by atoms with Crippen molar-refractivity contribution in [1.82, 2.24) is 10.2 Å². The molecule has 10 heteroatoms. The second kappa shape index (κ2) is 11.3. The summed E-state index contributed by atoms with van der Waals surface area (Å²) in [6, 6.07) is 6.61. The Morgan fingerprint density at radius 3 is 2.68 bits per heavy atom. The Bertz CT molecular complexity index is 1040.